The molecule has 10 aromatic carbocycles. The van der Waals surface area contributed by atoms with Crippen molar-refractivity contribution >= 4 is 44.7 Å². The van der Waals surface area contributed by atoms with Crippen molar-refractivity contribution in [2.24, 2.45) is 0 Å². The van der Waals surface area contributed by atoms with Crippen LogP contribution in [-0.2, 0) is 5.41 Å². The van der Waals surface area contributed by atoms with E-state index in [1.807, 2.05) is 6.07 Å². The van der Waals surface area contributed by atoms with E-state index in [0.29, 0.717) is 0 Å². The van der Waals surface area contributed by atoms with Crippen LogP contribution in [0, 0.1) is 0 Å². The third-order valence-electron chi connectivity index (χ3n) is 12.6. The number of aromatic nitrogens is 1. The highest BCUT2D eigenvalue weighted by atomic mass is 15.0. The minimum absolute atomic E-state index is 0.492. The first kappa shape index (κ1) is 37.0. The third-order valence-corrected chi connectivity index (χ3v) is 12.6. The van der Waals surface area contributed by atoms with E-state index >= 15 is 0 Å². The second-order valence-electron chi connectivity index (χ2n) is 16.1. The van der Waals surface area contributed by atoms with Gasteiger partial charge in [-0.05, 0) is 85.3 Å². The van der Waals surface area contributed by atoms with E-state index in [9.17, 15) is 0 Å². The zero-order valence-electron chi connectivity index (χ0n) is 34.3. The zero-order valence-corrected chi connectivity index (χ0v) is 34.3. The molecule has 0 N–H and O–H groups in total. The van der Waals surface area contributed by atoms with Gasteiger partial charge in [0.2, 0.25) is 0 Å². The maximum Gasteiger partial charge on any atom is 0.0701 e. The van der Waals surface area contributed by atoms with Gasteiger partial charge in [-0.3, -0.25) is 0 Å². The highest BCUT2D eigenvalue weighted by Gasteiger charge is 2.38. The van der Waals surface area contributed by atoms with E-state index in [1.54, 1.807) is 0 Å². The molecule has 1 nitrogen and oxygen atoms in total. The maximum atomic E-state index is 2.45. The lowest BCUT2D eigenvalue weighted by molar-refractivity contribution is 0.745. The van der Waals surface area contributed by atoms with Crippen LogP contribution in [-0.4, -0.2) is 4.57 Å². The molecule has 0 aliphatic rings. The van der Waals surface area contributed by atoms with Crippen molar-refractivity contribution in [2.75, 3.05) is 0 Å². The molecule has 0 atom stereocenters. The van der Waals surface area contributed by atoms with Crippen molar-refractivity contribution in [2.45, 2.75) is 5.41 Å². The summed E-state index contributed by atoms with van der Waals surface area (Å²) < 4.78 is 2.45. The fraction of sp³-hybridized carbons (Fsp3) is 0.0164. The van der Waals surface area contributed by atoms with Gasteiger partial charge in [0.1, 0.15) is 0 Å². The maximum absolute atomic E-state index is 2.45. The predicted molar refractivity (Wildman–Crippen MR) is 263 cm³/mol. The van der Waals surface area contributed by atoms with Gasteiger partial charge in [-0.15, -0.1) is 0 Å². The van der Waals surface area contributed by atoms with Crippen LogP contribution in [0.4, 0.5) is 0 Å². The van der Waals surface area contributed by atoms with Gasteiger partial charge in [0.05, 0.1) is 22.1 Å². The van der Waals surface area contributed by atoms with E-state index in [4.69, 9.17) is 0 Å². The summed E-state index contributed by atoms with van der Waals surface area (Å²) in [5.41, 5.74) is 15.2. The van der Waals surface area contributed by atoms with Gasteiger partial charge in [-0.25, -0.2) is 0 Å². The highest BCUT2D eigenvalue weighted by molar-refractivity contribution is 6.12. The minimum atomic E-state index is -0.492. The van der Waals surface area contributed by atoms with Crippen LogP contribution in [0.15, 0.2) is 249 Å². The van der Waals surface area contributed by atoms with Crippen LogP contribution in [0.2, 0.25) is 0 Å². The van der Waals surface area contributed by atoms with E-state index in [-0.39, 0.29) is 0 Å². The van der Waals surface area contributed by atoms with Crippen molar-refractivity contribution in [3.63, 3.8) is 0 Å². The molecule has 0 fully saturated rings. The van der Waals surface area contributed by atoms with Gasteiger partial charge in [-0.2, -0.15) is 0 Å². The molecule has 11 aromatic rings. The van der Waals surface area contributed by atoms with Crippen LogP contribution in [0.5, 0.6) is 0 Å². The molecule has 0 saturated carbocycles. The first-order valence-electron chi connectivity index (χ1n) is 21.4. The lowest BCUT2D eigenvalue weighted by atomic mass is 9.65. The number of benzene rings is 10. The van der Waals surface area contributed by atoms with Gasteiger partial charge >= 0.3 is 0 Å². The largest absolute Gasteiger partial charge is 0.309 e. The van der Waals surface area contributed by atoms with Crippen molar-refractivity contribution in [3.05, 3.63) is 282 Å². The lowest BCUT2D eigenvalue weighted by Gasteiger charge is -2.37. The predicted octanol–water partition coefficient (Wildman–Crippen LogP) is 15.8. The summed E-state index contributed by atoms with van der Waals surface area (Å²) in [6, 6.07) is 90.7. The molecule has 11 rings (SSSR count). The summed E-state index contributed by atoms with van der Waals surface area (Å²) in [6.07, 6.45) is 4.34. The summed E-state index contributed by atoms with van der Waals surface area (Å²) in [4.78, 5) is 0. The Labute approximate surface area is 363 Å². The average Bonchev–Trinajstić information content (AvgIpc) is 3.68. The molecular weight excluding hydrogens is 747 g/mol. The monoisotopic (exact) mass is 789 g/mol. The Morgan fingerprint density at radius 2 is 0.742 bits per heavy atom. The average molecular weight is 790 g/mol. The Kier molecular flexibility index (Phi) is 9.48. The number of para-hydroxylation sites is 1. The Bertz CT molecular complexity index is 3250. The molecule has 0 saturated heterocycles. The van der Waals surface area contributed by atoms with Gasteiger partial charge in [0.15, 0.2) is 0 Å². The first-order valence-corrected chi connectivity index (χ1v) is 21.4. The molecule has 0 aliphatic heterocycles. The quantitative estimate of drug-likeness (QED) is 0.101. The van der Waals surface area contributed by atoms with Crippen LogP contribution in [0.25, 0.3) is 72.7 Å². The van der Waals surface area contributed by atoms with E-state index in [1.165, 1.54) is 93.9 Å². The molecule has 1 heteroatoms. The lowest BCUT2D eigenvalue weighted by Crippen LogP contribution is -2.30. The Hall–Kier alpha value is -8.00. The summed E-state index contributed by atoms with van der Waals surface area (Å²) in [5.74, 6) is 0. The fourth-order valence-corrected chi connectivity index (χ4v) is 9.65. The highest BCUT2D eigenvalue weighted by Crippen LogP contribution is 2.46. The number of hydrogen-bond donors (Lipinski definition) is 0. The van der Waals surface area contributed by atoms with Gasteiger partial charge in [0, 0.05) is 16.2 Å². The molecular formula is C61H43N. The topological polar surface area (TPSA) is 4.93 Å². The number of fused-ring (bicyclic) bond motifs is 4. The molecule has 292 valence electrons. The molecule has 0 radical (unpaired) electrons. The molecule has 0 bridgehead atoms. The minimum Gasteiger partial charge on any atom is -0.309 e. The SMILES string of the molecule is C(=Cc1ccc(-c2ccc3c(c2)c2ccccc2n3-c2ccc(-c3ccc(C(c4ccccc4)(c4ccccc4)c4ccccc4)cc3)c3ccccc23)cc1)c1ccccc1. The Morgan fingerprint density at radius 1 is 0.290 bits per heavy atom. The Morgan fingerprint density at radius 3 is 1.35 bits per heavy atom. The van der Waals surface area contributed by atoms with E-state index < -0.39 is 5.41 Å². The normalized spacial score (nSPS) is 11.8. The number of hydrogen-bond acceptors (Lipinski definition) is 0. The van der Waals surface area contributed by atoms with Crippen molar-refractivity contribution in [1.82, 2.24) is 4.57 Å². The number of nitrogens with zero attached hydrogens (tertiary/aromatic N) is 1. The summed E-state index contributed by atoms with van der Waals surface area (Å²) in [5, 5.41) is 4.93. The van der Waals surface area contributed by atoms with Crippen molar-refractivity contribution in [1.29, 1.82) is 0 Å². The van der Waals surface area contributed by atoms with Crippen LogP contribution in [0.1, 0.15) is 33.4 Å². The smallest absolute Gasteiger partial charge is 0.0701 e. The molecule has 0 spiro atoms. The standard InChI is InChI=1S/C61H43N/c1-5-17-44(18-6-1)29-30-45-31-33-46(34-32-45)48-37-41-60-57(43-48)56-27-15-16-28-58(56)62(60)59-42-40-53(54-25-13-14-26-55(54)59)47-35-38-52(39-36-47)61(49-19-7-2-8-20-49,50-21-9-3-10-22-50)51-23-11-4-12-24-51/h1-43H. The number of rotatable bonds is 9. The summed E-state index contributed by atoms with van der Waals surface area (Å²) >= 11 is 0. The Balaban J connectivity index is 0.999. The van der Waals surface area contributed by atoms with Gasteiger partial charge < -0.3 is 4.57 Å². The molecule has 1 heterocycles. The van der Waals surface area contributed by atoms with E-state index in [0.717, 1.165) is 0 Å². The van der Waals surface area contributed by atoms with Gasteiger partial charge in [0.25, 0.3) is 0 Å². The zero-order chi connectivity index (χ0) is 41.3. The second kappa shape index (κ2) is 15.9. The molecule has 1 aromatic heterocycles. The van der Waals surface area contributed by atoms with Crippen LogP contribution >= 0.6 is 0 Å². The van der Waals surface area contributed by atoms with Crippen LogP contribution < -0.4 is 0 Å². The molecule has 0 amide bonds. The molecule has 62 heavy (non-hydrogen) atoms. The second-order valence-corrected chi connectivity index (χ2v) is 16.1. The van der Waals surface area contributed by atoms with Crippen LogP contribution in [0.3, 0.4) is 0 Å². The summed E-state index contributed by atoms with van der Waals surface area (Å²) in [6.45, 7) is 0. The van der Waals surface area contributed by atoms with Gasteiger partial charge in [-0.1, -0.05) is 237 Å². The molecule has 0 aliphatic carbocycles. The van der Waals surface area contributed by atoms with Crippen molar-refractivity contribution < 1.29 is 0 Å². The third kappa shape index (κ3) is 6.43. The summed E-state index contributed by atoms with van der Waals surface area (Å²) in [7, 11) is 0. The molecule has 0 unspecified atom stereocenters. The first-order chi connectivity index (χ1) is 30.8. The fourth-order valence-electron chi connectivity index (χ4n) is 9.65. The van der Waals surface area contributed by atoms with Crippen molar-refractivity contribution in [3.8, 4) is 27.9 Å². The van der Waals surface area contributed by atoms with E-state index in [2.05, 4.69) is 259 Å².